The van der Waals surface area contributed by atoms with Gasteiger partial charge in [-0.15, -0.1) is 0 Å². The van der Waals surface area contributed by atoms with Gasteiger partial charge in [0.25, 0.3) is 11.6 Å². The third kappa shape index (κ3) is 3.58. The second-order valence-electron chi connectivity index (χ2n) is 5.27. The first-order chi connectivity index (χ1) is 10.1. The summed E-state index contributed by atoms with van der Waals surface area (Å²) in [5.41, 5.74) is 0.0638. The van der Waals surface area contributed by atoms with Crippen LogP contribution in [0.15, 0.2) is 24.3 Å². The van der Waals surface area contributed by atoms with Gasteiger partial charge in [-0.3, -0.25) is 14.9 Å². The van der Waals surface area contributed by atoms with E-state index in [4.69, 9.17) is 0 Å². The number of carbonyl (C=O) groups excluding carboxylic acids is 1. The molecular weight excluding hydrogens is 270 g/mol. The predicted octanol–water partition coefficient (Wildman–Crippen LogP) is 2.20. The van der Waals surface area contributed by atoms with Crippen molar-refractivity contribution in [3.8, 4) is 0 Å². The van der Waals surface area contributed by atoms with Crippen molar-refractivity contribution >= 4 is 11.6 Å². The number of nitro benzene ring substituents is 1. The lowest BCUT2D eigenvalue weighted by Crippen LogP contribution is -2.49. The average molecular weight is 291 g/mol. The highest BCUT2D eigenvalue weighted by Crippen LogP contribution is 2.22. The number of rotatable bonds is 5. The minimum absolute atomic E-state index is 0.117. The van der Waals surface area contributed by atoms with Crippen LogP contribution in [-0.2, 0) is 0 Å². The number of nitrogens with zero attached hydrogens (tertiary/aromatic N) is 2. The molecule has 1 aliphatic rings. The van der Waals surface area contributed by atoms with Crippen LogP contribution in [0.25, 0.3) is 0 Å². The summed E-state index contributed by atoms with van der Waals surface area (Å²) < 4.78 is 0. The summed E-state index contributed by atoms with van der Waals surface area (Å²) in [7, 11) is 0. The molecule has 114 valence electrons. The molecule has 0 radical (unpaired) electrons. The number of para-hydroxylation sites is 1. The number of amides is 1. The van der Waals surface area contributed by atoms with Crippen LogP contribution in [0.5, 0.6) is 0 Å². The minimum Gasteiger partial charge on any atom is -0.334 e. The van der Waals surface area contributed by atoms with E-state index in [1.54, 1.807) is 23.1 Å². The Morgan fingerprint density at radius 1 is 1.48 bits per heavy atom. The molecule has 0 bridgehead atoms. The SMILES string of the molecule is CCCN(C(=O)c1ccccc1[N+](=O)[O-])C1CCCNC1. The van der Waals surface area contributed by atoms with Crippen LogP contribution in [-0.4, -0.2) is 41.4 Å². The first-order valence-electron chi connectivity index (χ1n) is 7.40. The Hall–Kier alpha value is -1.95. The van der Waals surface area contributed by atoms with Gasteiger partial charge in [0, 0.05) is 25.2 Å². The molecule has 1 atom stereocenters. The van der Waals surface area contributed by atoms with Crippen molar-refractivity contribution in [3.05, 3.63) is 39.9 Å². The van der Waals surface area contributed by atoms with E-state index in [1.807, 2.05) is 6.92 Å². The molecule has 1 heterocycles. The largest absolute Gasteiger partial charge is 0.334 e. The van der Waals surface area contributed by atoms with E-state index >= 15 is 0 Å². The van der Waals surface area contributed by atoms with E-state index in [0.717, 1.165) is 32.4 Å². The van der Waals surface area contributed by atoms with Gasteiger partial charge in [-0.05, 0) is 31.9 Å². The van der Waals surface area contributed by atoms with Crippen LogP contribution in [0.4, 0.5) is 5.69 Å². The van der Waals surface area contributed by atoms with Crippen LogP contribution in [0.1, 0.15) is 36.5 Å². The molecule has 1 N–H and O–H groups in total. The molecule has 1 saturated heterocycles. The molecule has 0 aliphatic carbocycles. The smallest absolute Gasteiger partial charge is 0.282 e. The van der Waals surface area contributed by atoms with E-state index < -0.39 is 4.92 Å². The Morgan fingerprint density at radius 2 is 2.24 bits per heavy atom. The number of hydrogen-bond acceptors (Lipinski definition) is 4. The normalized spacial score (nSPS) is 18.2. The van der Waals surface area contributed by atoms with Gasteiger partial charge in [-0.2, -0.15) is 0 Å². The van der Waals surface area contributed by atoms with E-state index in [1.165, 1.54) is 6.07 Å². The number of hydrogen-bond donors (Lipinski definition) is 1. The third-order valence-electron chi connectivity index (χ3n) is 3.77. The van der Waals surface area contributed by atoms with Gasteiger partial charge in [-0.25, -0.2) is 0 Å². The quantitative estimate of drug-likeness (QED) is 0.666. The van der Waals surface area contributed by atoms with Gasteiger partial charge in [-0.1, -0.05) is 19.1 Å². The van der Waals surface area contributed by atoms with Gasteiger partial charge in [0.15, 0.2) is 0 Å². The molecule has 6 heteroatoms. The molecule has 1 aromatic carbocycles. The highest BCUT2D eigenvalue weighted by atomic mass is 16.6. The fourth-order valence-corrected chi connectivity index (χ4v) is 2.76. The molecule has 1 aliphatic heterocycles. The first-order valence-corrected chi connectivity index (χ1v) is 7.40. The molecular formula is C15H21N3O3. The van der Waals surface area contributed by atoms with Crippen molar-refractivity contribution < 1.29 is 9.72 Å². The molecule has 6 nitrogen and oxygen atoms in total. The van der Waals surface area contributed by atoms with Gasteiger partial charge in [0.2, 0.25) is 0 Å². The van der Waals surface area contributed by atoms with Crippen LogP contribution in [0.2, 0.25) is 0 Å². The van der Waals surface area contributed by atoms with Crippen molar-refractivity contribution in [1.82, 2.24) is 10.2 Å². The summed E-state index contributed by atoms with van der Waals surface area (Å²) in [6.45, 7) is 4.36. The fourth-order valence-electron chi connectivity index (χ4n) is 2.76. The molecule has 0 aromatic heterocycles. The van der Waals surface area contributed by atoms with Crippen molar-refractivity contribution in [2.24, 2.45) is 0 Å². The maximum atomic E-state index is 12.8. The maximum absolute atomic E-state index is 12.8. The Balaban J connectivity index is 2.27. The highest BCUT2D eigenvalue weighted by Gasteiger charge is 2.29. The zero-order valence-electron chi connectivity index (χ0n) is 12.2. The number of benzene rings is 1. The summed E-state index contributed by atoms with van der Waals surface area (Å²) in [5, 5.41) is 14.4. The van der Waals surface area contributed by atoms with Crippen molar-refractivity contribution in [2.75, 3.05) is 19.6 Å². The Bertz CT molecular complexity index is 513. The molecule has 2 rings (SSSR count). The topological polar surface area (TPSA) is 75.5 Å². The van der Waals surface area contributed by atoms with E-state index in [-0.39, 0.29) is 23.2 Å². The van der Waals surface area contributed by atoms with Crippen LogP contribution in [0.3, 0.4) is 0 Å². The van der Waals surface area contributed by atoms with Crippen molar-refractivity contribution in [1.29, 1.82) is 0 Å². The maximum Gasteiger partial charge on any atom is 0.282 e. The van der Waals surface area contributed by atoms with Crippen LogP contribution >= 0.6 is 0 Å². The first kappa shape index (κ1) is 15.4. The summed E-state index contributed by atoms with van der Waals surface area (Å²) in [5.74, 6) is -0.238. The van der Waals surface area contributed by atoms with Crippen molar-refractivity contribution in [3.63, 3.8) is 0 Å². The molecule has 0 spiro atoms. The molecule has 1 unspecified atom stereocenters. The number of piperidine rings is 1. The van der Waals surface area contributed by atoms with E-state index in [2.05, 4.69) is 5.32 Å². The number of nitrogens with one attached hydrogen (secondary N) is 1. The molecule has 0 saturated carbocycles. The monoisotopic (exact) mass is 291 g/mol. The molecule has 21 heavy (non-hydrogen) atoms. The third-order valence-corrected chi connectivity index (χ3v) is 3.77. The zero-order chi connectivity index (χ0) is 15.2. The van der Waals surface area contributed by atoms with Crippen LogP contribution in [0, 0.1) is 10.1 Å². The van der Waals surface area contributed by atoms with Gasteiger partial charge in [0.05, 0.1) is 4.92 Å². The molecule has 1 aromatic rings. The average Bonchev–Trinajstić information content (AvgIpc) is 2.52. The van der Waals surface area contributed by atoms with Crippen LogP contribution < -0.4 is 5.32 Å². The van der Waals surface area contributed by atoms with E-state index in [0.29, 0.717) is 6.54 Å². The Morgan fingerprint density at radius 3 is 2.86 bits per heavy atom. The highest BCUT2D eigenvalue weighted by molar-refractivity contribution is 5.98. The summed E-state index contributed by atoms with van der Waals surface area (Å²) in [4.78, 5) is 25.2. The summed E-state index contributed by atoms with van der Waals surface area (Å²) in [6, 6.07) is 6.30. The number of carbonyl (C=O) groups is 1. The second kappa shape index (κ2) is 7.17. The Labute approximate surface area is 124 Å². The zero-order valence-corrected chi connectivity index (χ0v) is 12.2. The minimum atomic E-state index is -0.490. The fraction of sp³-hybridized carbons (Fsp3) is 0.533. The molecule has 1 fully saturated rings. The van der Waals surface area contributed by atoms with Gasteiger partial charge < -0.3 is 10.2 Å². The second-order valence-corrected chi connectivity index (χ2v) is 5.27. The Kier molecular flexibility index (Phi) is 5.27. The lowest BCUT2D eigenvalue weighted by atomic mass is 10.0. The molecule has 1 amide bonds. The lowest BCUT2D eigenvalue weighted by molar-refractivity contribution is -0.385. The van der Waals surface area contributed by atoms with Gasteiger partial charge in [0.1, 0.15) is 5.56 Å². The number of nitro groups is 1. The predicted molar refractivity (Wildman–Crippen MR) is 80.3 cm³/mol. The lowest BCUT2D eigenvalue weighted by Gasteiger charge is -2.34. The van der Waals surface area contributed by atoms with Gasteiger partial charge >= 0.3 is 0 Å². The summed E-state index contributed by atoms with van der Waals surface area (Å²) >= 11 is 0. The van der Waals surface area contributed by atoms with Crippen molar-refractivity contribution in [2.45, 2.75) is 32.2 Å². The van der Waals surface area contributed by atoms with E-state index in [9.17, 15) is 14.9 Å². The summed E-state index contributed by atoms with van der Waals surface area (Å²) in [6.07, 6.45) is 2.80. The standard InChI is InChI=1S/C15H21N3O3/c1-2-10-17(12-6-5-9-16-11-12)15(19)13-7-3-4-8-14(13)18(20)21/h3-4,7-8,12,16H,2,5-6,9-11H2,1H3.